The van der Waals surface area contributed by atoms with Gasteiger partial charge in [0.1, 0.15) is 0 Å². The first-order valence-electron chi connectivity index (χ1n) is 6.26. The summed E-state index contributed by atoms with van der Waals surface area (Å²) in [5, 5.41) is 0.735. The monoisotopic (exact) mass is 266 g/mol. The van der Waals surface area contributed by atoms with Gasteiger partial charge < -0.3 is 9.31 Å². The molecule has 98 valence electrons. The summed E-state index contributed by atoms with van der Waals surface area (Å²) in [6.07, 6.45) is 0. The summed E-state index contributed by atoms with van der Waals surface area (Å²) in [5.74, 6) is 0. The van der Waals surface area contributed by atoms with Gasteiger partial charge >= 0.3 is 7.12 Å². The molecule has 18 heavy (non-hydrogen) atoms. The normalized spacial score (nSPS) is 21.4. The molecule has 1 aromatic carbocycles. The lowest BCUT2D eigenvalue weighted by Gasteiger charge is -2.32. The van der Waals surface area contributed by atoms with Crippen molar-refractivity contribution in [2.24, 2.45) is 0 Å². The van der Waals surface area contributed by atoms with Gasteiger partial charge in [-0.05, 0) is 47.1 Å². The Hall–Kier alpha value is -0.505. The first-order chi connectivity index (χ1) is 8.14. The van der Waals surface area contributed by atoms with Crippen LogP contribution >= 0.6 is 11.6 Å². The molecule has 1 heterocycles. The second kappa shape index (κ2) is 4.26. The van der Waals surface area contributed by atoms with Gasteiger partial charge in [-0.3, -0.25) is 0 Å². The van der Waals surface area contributed by atoms with Gasteiger partial charge in [-0.2, -0.15) is 0 Å². The van der Waals surface area contributed by atoms with Crippen molar-refractivity contribution in [1.29, 1.82) is 0 Å². The summed E-state index contributed by atoms with van der Waals surface area (Å²) in [7, 11) is -0.388. The van der Waals surface area contributed by atoms with Crippen molar-refractivity contribution in [2.75, 3.05) is 0 Å². The number of halogens is 1. The molecule has 2 nitrogen and oxygen atoms in total. The Bertz CT molecular complexity index is 467. The van der Waals surface area contributed by atoms with Crippen LogP contribution in [0, 0.1) is 13.8 Å². The van der Waals surface area contributed by atoms with E-state index in [2.05, 4.69) is 13.0 Å². The minimum Gasteiger partial charge on any atom is -0.399 e. The van der Waals surface area contributed by atoms with E-state index in [1.54, 1.807) is 0 Å². The van der Waals surface area contributed by atoms with Gasteiger partial charge in [0.25, 0.3) is 0 Å². The highest BCUT2D eigenvalue weighted by Crippen LogP contribution is 2.37. The highest BCUT2D eigenvalue weighted by molar-refractivity contribution is 6.65. The van der Waals surface area contributed by atoms with Crippen molar-refractivity contribution >= 4 is 24.2 Å². The van der Waals surface area contributed by atoms with Crippen LogP contribution in [0.15, 0.2) is 12.1 Å². The third kappa shape index (κ3) is 2.20. The van der Waals surface area contributed by atoms with Crippen molar-refractivity contribution in [3.8, 4) is 0 Å². The van der Waals surface area contributed by atoms with Crippen LogP contribution in [0.4, 0.5) is 0 Å². The standard InChI is InChI=1S/C14H20BClO2/c1-9-7-10(2)12(16)11(8-9)15-17-13(3,4)14(5,6)18-15/h7-8H,1-6H3. The van der Waals surface area contributed by atoms with E-state index in [9.17, 15) is 0 Å². The van der Waals surface area contributed by atoms with Crippen LogP contribution in [0.5, 0.6) is 0 Å². The van der Waals surface area contributed by atoms with Crippen molar-refractivity contribution in [3.63, 3.8) is 0 Å². The van der Waals surface area contributed by atoms with E-state index in [4.69, 9.17) is 20.9 Å². The molecule has 0 N–H and O–H groups in total. The quantitative estimate of drug-likeness (QED) is 0.727. The smallest absolute Gasteiger partial charge is 0.399 e. The Kier molecular flexibility index (Phi) is 3.29. The van der Waals surface area contributed by atoms with Gasteiger partial charge in [-0.15, -0.1) is 0 Å². The summed E-state index contributed by atoms with van der Waals surface area (Å²) in [5.41, 5.74) is 2.48. The van der Waals surface area contributed by atoms with E-state index in [0.717, 1.165) is 16.0 Å². The summed E-state index contributed by atoms with van der Waals surface area (Å²) in [4.78, 5) is 0. The molecule has 0 atom stereocenters. The topological polar surface area (TPSA) is 18.5 Å². The van der Waals surface area contributed by atoms with Crippen LogP contribution in [-0.2, 0) is 9.31 Å². The predicted molar refractivity (Wildman–Crippen MR) is 76.6 cm³/mol. The molecule has 2 rings (SSSR count). The Morgan fingerprint density at radius 3 is 2.00 bits per heavy atom. The average Bonchev–Trinajstić information content (AvgIpc) is 2.42. The molecule has 4 heteroatoms. The van der Waals surface area contributed by atoms with Crippen molar-refractivity contribution in [2.45, 2.75) is 52.7 Å². The molecule has 0 amide bonds. The fraction of sp³-hybridized carbons (Fsp3) is 0.571. The molecule has 0 unspecified atom stereocenters. The highest BCUT2D eigenvalue weighted by atomic mass is 35.5. The third-order valence-corrected chi connectivity index (χ3v) is 4.45. The molecule has 0 aliphatic carbocycles. The van der Waals surface area contributed by atoms with E-state index in [1.165, 1.54) is 5.56 Å². The van der Waals surface area contributed by atoms with E-state index in [-0.39, 0.29) is 18.3 Å². The van der Waals surface area contributed by atoms with Crippen molar-refractivity contribution in [3.05, 3.63) is 28.3 Å². The number of benzene rings is 1. The maximum Gasteiger partial charge on any atom is 0.496 e. The molecule has 1 aliphatic heterocycles. The molecule has 0 radical (unpaired) electrons. The van der Waals surface area contributed by atoms with Crippen LogP contribution in [0.2, 0.25) is 5.02 Å². The molecule has 0 aromatic heterocycles. The molecular formula is C14H20BClO2. The first kappa shape index (κ1) is 13.9. The zero-order chi connectivity index (χ0) is 13.7. The second-order valence-electron chi connectivity index (χ2n) is 6.07. The molecule has 0 bridgehead atoms. The zero-order valence-electron chi connectivity index (χ0n) is 11.9. The van der Waals surface area contributed by atoms with E-state index in [1.807, 2.05) is 40.7 Å². The van der Waals surface area contributed by atoms with E-state index >= 15 is 0 Å². The highest BCUT2D eigenvalue weighted by Gasteiger charge is 2.52. The number of hydrogen-bond acceptors (Lipinski definition) is 2. The zero-order valence-corrected chi connectivity index (χ0v) is 12.7. The van der Waals surface area contributed by atoms with Gasteiger partial charge in [-0.1, -0.05) is 29.3 Å². The molecule has 1 aliphatic rings. The Morgan fingerprint density at radius 1 is 1.00 bits per heavy atom. The van der Waals surface area contributed by atoms with Crippen LogP contribution in [0.1, 0.15) is 38.8 Å². The van der Waals surface area contributed by atoms with Gasteiger partial charge in [-0.25, -0.2) is 0 Å². The van der Waals surface area contributed by atoms with Crippen molar-refractivity contribution < 1.29 is 9.31 Å². The summed E-state index contributed by atoms with van der Waals surface area (Å²) < 4.78 is 12.1. The van der Waals surface area contributed by atoms with Crippen LogP contribution < -0.4 is 5.46 Å². The predicted octanol–water partition coefficient (Wildman–Crippen LogP) is 3.26. The SMILES string of the molecule is Cc1cc(C)c(Cl)c(B2OC(C)(C)C(C)(C)O2)c1. The van der Waals surface area contributed by atoms with Crippen LogP contribution in [-0.4, -0.2) is 18.3 Å². The van der Waals surface area contributed by atoms with Gasteiger partial charge in [0.15, 0.2) is 0 Å². The summed E-state index contributed by atoms with van der Waals surface area (Å²) >= 11 is 6.37. The maximum absolute atomic E-state index is 6.37. The minimum absolute atomic E-state index is 0.335. The molecule has 1 saturated heterocycles. The minimum atomic E-state index is -0.388. The molecular weight excluding hydrogens is 246 g/mol. The van der Waals surface area contributed by atoms with Gasteiger partial charge in [0.2, 0.25) is 0 Å². The Labute approximate surface area is 115 Å². The first-order valence-corrected chi connectivity index (χ1v) is 6.64. The lowest BCUT2D eigenvalue weighted by molar-refractivity contribution is 0.00578. The van der Waals surface area contributed by atoms with Crippen molar-refractivity contribution in [1.82, 2.24) is 0 Å². The Morgan fingerprint density at radius 2 is 1.50 bits per heavy atom. The summed E-state index contributed by atoms with van der Waals surface area (Å²) in [6, 6.07) is 4.11. The van der Waals surface area contributed by atoms with Crippen LogP contribution in [0.3, 0.4) is 0 Å². The number of aryl methyl sites for hydroxylation is 2. The molecule has 0 spiro atoms. The number of rotatable bonds is 1. The van der Waals surface area contributed by atoms with E-state index in [0.29, 0.717) is 0 Å². The second-order valence-corrected chi connectivity index (χ2v) is 6.45. The third-order valence-electron chi connectivity index (χ3n) is 3.93. The lowest BCUT2D eigenvalue weighted by Crippen LogP contribution is -2.41. The average molecular weight is 267 g/mol. The molecule has 1 aromatic rings. The summed E-state index contributed by atoms with van der Waals surface area (Å²) in [6.45, 7) is 12.2. The van der Waals surface area contributed by atoms with E-state index < -0.39 is 0 Å². The largest absolute Gasteiger partial charge is 0.496 e. The molecule has 1 fully saturated rings. The number of hydrogen-bond donors (Lipinski definition) is 0. The van der Waals surface area contributed by atoms with Gasteiger partial charge in [0.05, 0.1) is 11.2 Å². The molecule has 0 saturated carbocycles. The van der Waals surface area contributed by atoms with Crippen LogP contribution in [0.25, 0.3) is 0 Å². The lowest BCUT2D eigenvalue weighted by atomic mass is 9.77. The van der Waals surface area contributed by atoms with Gasteiger partial charge in [0, 0.05) is 10.5 Å². The fourth-order valence-corrected chi connectivity index (χ4v) is 2.32. The fourth-order valence-electron chi connectivity index (χ4n) is 2.12. The maximum atomic E-state index is 6.37. The Balaban J connectivity index is 2.41.